The molecule has 0 heterocycles. The van der Waals surface area contributed by atoms with Gasteiger partial charge in [0.05, 0.1) is 6.54 Å². The Balaban J connectivity index is 1.83. The standard InChI is InChI=1S/C19H22N2O3/c1-14-8-10-15(11-9-14)12-20-17(22)18(23)21-13-19(2,24)16-6-4-3-5-7-16/h3-11,24H,12-13H2,1-2H3,(H,20,22)(H,21,23). The molecule has 2 aromatic rings. The quantitative estimate of drug-likeness (QED) is 0.731. The van der Waals surface area contributed by atoms with Crippen molar-refractivity contribution in [3.8, 4) is 0 Å². The van der Waals surface area contributed by atoms with Crippen molar-refractivity contribution in [2.45, 2.75) is 26.0 Å². The highest BCUT2D eigenvalue weighted by atomic mass is 16.3. The lowest BCUT2D eigenvalue weighted by molar-refractivity contribution is -0.139. The van der Waals surface area contributed by atoms with Crippen molar-refractivity contribution in [1.82, 2.24) is 10.6 Å². The number of hydrogen-bond acceptors (Lipinski definition) is 3. The van der Waals surface area contributed by atoms with E-state index in [-0.39, 0.29) is 13.1 Å². The average Bonchev–Trinajstić information content (AvgIpc) is 2.59. The second-order valence-corrected chi connectivity index (χ2v) is 5.99. The van der Waals surface area contributed by atoms with E-state index in [1.807, 2.05) is 37.3 Å². The summed E-state index contributed by atoms with van der Waals surface area (Å²) in [5.41, 5.74) is 1.48. The minimum Gasteiger partial charge on any atom is -0.384 e. The second kappa shape index (κ2) is 7.75. The summed E-state index contributed by atoms with van der Waals surface area (Å²) in [6.45, 7) is 3.80. The molecule has 2 aromatic carbocycles. The molecule has 0 fully saturated rings. The zero-order valence-corrected chi connectivity index (χ0v) is 13.9. The number of hydrogen-bond donors (Lipinski definition) is 3. The summed E-state index contributed by atoms with van der Waals surface area (Å²) in [4.78, 5) is 23.7. The van der Waals surface area contributed by atoms with Crippen molar-refractivity contribution < 1.29 is 14.7 Å². The van der Waals surface area contributed by atoms with E-state index in [0.29, 0.717) is 5.56 Å². The van der Waals surface area contributed by atoms with Crippen molar-refractivity contribution in [2.24, 2.45) is 0 Å². The van der Waals surface area contributed by atoms with Crippen LogP contribution >= 0.6 is 0 Å². The topological polar surface area (TPSA) is 78.4 Å². The maximum Gasteiger partial charge on any atom is 0.309 e. The summed E-state index contributed by atoms with van der Waals surface area (Å²) >= 11 is 0. The summed E-state index contributed by atoms with van der Waals surface area (Å²) in [5, 5.41) is 15.4. The van der Waals surface area contributed by atoms with E-state index >= 15 is 0 Å². The van der Waals surface area contributed by atoms with Gasteiger partial charge in [0.25, 0.3) is 0 Å². The highest BCUT2D eigenvalue weighted by Gasteiger charge is 2.25. The van der Waals surface area contributed by atoms with Crippen LogP contribution in [0.2, 0.25) is 0 Å². The summed E-state index contributed by atoms with van der Waals surface area (Å²) in [7, 11) is 0. The van der Waals surface area contributed by atoms with E-state index in [9.17, 15) is 14.7 Å². The molecule has 5 nitrogen and oxygen atoms in total. The number of carbonyl (C=O) groups excluding carboxylic acids is 2. The molecule has 3 N–H and O–H groups in total. The second-order valence-electron chi connectivity index (χ2n) is 5.99. The van der Waals surface area contributed by atoms with Crippen LogP contribution in [0.25, 0.3) is 0 Å². The summed E-state index contributed by atoms with van der Waals surface area (Å²) < 4.78 is 0. The number of amides is 2. The summed E-state index contributed by atoms with van der Waals surface area (Å²) in [6.07, 6.45) is 0. The molecule has 0 aliphatic carbocycles. The highest BCUT2D eigenvalue weighted by molar-refractivity contribution is 6.35. The van der Waals surface area contributed by atoms with E-state index in [0.717, 1.165) is 11.1 Å². The number of aryl methyl sites for hydroxylation is 1. The summed E-state index contributed by atoms with van der Waals surface area (Å²) in [6, 6.07) is 16.7. The van der Waals surface area contributed by atoms with Gasteiger partial charge in [0.15, 0.2) is 0 Å². The lowest BCUT2D eigenvalue weighted by Crippen LogP contribution is -2.45. The molecule has 24 heavy (non-hydrogen) atoms. The first-order valence-corrected chi connectivity index (χ1v) is 7.78. The Morgan fingerprint density at radius 2 is 1.54 bits per heavy atom. The van der Waals surface area contributed by atoms with Crippen LogP contribution in [0.3, 0.4) is 0 Å². The van der Waals surface area contributed by atoms with Crippen LogP contribution in [0.1, 0.15) is 23.6 Å². The van der Waals surface area contributed by atoms with E-state index in [1.165, 1.54) is 0 Å². The number of benzene rings is 2. The predicted molar refractivity (Wildman–Crippen MR) is 92.0 cm³/mol. The van der Waals surface area contributed by atoms with Gasteiger partial charge in [-0.3, -0.25) is 9.59 Å². The van der Waals surface area contributed by atoms with Gasteiger partial charge in [0.1, 0.15) is 5.60 Å². The minimum atomic E-state index is -1.24. The van der Waals surface area contributed by atoms with Crippen molar-refractivity contribution in [1.29, 1.82) is 0 Å². The largest absolute Gasteiger partial charge is 0.384 e. The van der Waals surface area contributed by atoms with E-state index in [4.69, 9.17) is 0 Å². The van der Waals surface area contributed by atoms with Crippen molar-refractivity contribution >= 4 is 11.8 Å². The Kier molecular flexibility index (Phi) is 5.71. The van der Waals surface area contributed by atoms with Crippen LogP contribution in [0.4, 0.5) is 0 Å². The first kappa shape index (κ1) is 17.7. The van der Waals surface area contributed by atoms with E-state index in [2.05, 4.69) is 10.6 Å². The molecule has 0 saturated heterocycles. The summed E-state index contributed by atoms with van der Waals surface area (Å²) in [5.74, 6) is -1.49. The van der Waals surface area contributed by atoms with Crippen LogP contribution in [-0.4, -0.2) is 23.5 Å². The fraction of sp³-hybridized carbons (Fsp3) is 0.263. The first-order chi connectivity index (χ1) is 11.4. The molecular formula is C19H22N2O3. The molecule has 0 radical (unpaired) electrons. The molecule has 0 spiro atoms. The molecule has 2 amide bonds. The maximum absolute atomic E-state index is 11.9. The van der Waals surface area contributed by atoms with Crippen LogP contribution < -0.4 is 10.6 Å². The van der Waals surface area contributed by atoms with Crippen LogP contribution in [-0.2, 0) is 21.7 Å². The van der Waals surface area contributed by atoms with E-state index in [1.54, 1.807) is 31.2 Å². The molecular weight excluding hydrogens is 304 g/mol. The predicted octanol–water partition coefficient (Wildman–Crippen LogP) is 1.64. The Hall–Kier alpha value is -2.66. The smallest absolute Gasteiger partial charge is 0.309 e. The molecule has 0 bridgehead atoms. The van der Waals surface area contributed by atoms with Gasteiger partial charge in [-0.1, -0.05) is 60.2 Å². The van der Waals surface area contributed by atoms with Gasteiger partial charge in [-0.05, 0) is 25.0 Å². The van der Waals surface area contributed by atoms with Crippen LogP contribution in [0.15, 0.2) is 54.6 Å². The van der Waals surface area contributed by atoms with Gasteiger partial charge in [-0.15, -0.1) is 0 Å². The third-order valence-electron chi connectivity index (χ3n) is 3.77. The monoisotopic (exact) mass is 326 g/mol. The fourth-order valence-electron chi connectivity index (χ4n) is 2.20. The normalized spacial score (nSPS) is 13.0. The van der Waals surface area contributed by atoms with Gasteiger partial charge in [-0.2, -0.15) is 0 Å². The Morgan fingerprint density at radius 3 is 2.17 bits per heavy atom. The zero-order chi connectivity index (χ0) is 17.6. The maximum atomic E-state index is 11.9. The van der Waals surface area contributed by atoms with Gasteiger partial charge < -0.3 is 15.7 Å². The lowest BCUT2D eigenvalue weighted by atomic mass is 9.96. The van der Waals surface area contributed by atoms with Crippen molar-refractivity contribution in [3.63, 3.8) is 0 Å². The lowest BCUT2D eigenvalue weighted by Gasteiger charge is -2.24. The number of carbonyl (C=O) groups is 2. The molecule has 126 valence electrons. The van der Waals surface area contributed by atoms with Gasteiger partial charge >= 0.3 is 11.8 Å². The minimum absolute atomic E-state index is 0.0478. The average molecular weight is 326 g/mol. The fourth-order valence-corrected chi connectivity index (χ4v) is 2.20. The number of aliphatic hydroxyl groups is 1. The molecule has 2 rings (SSSR count). The van der Waals surface area contributed by atoms with Crippen molar-refractivity contribution in [2.75, 3.05) is 6.54 Å². The molecule has 1 atom stereocenters. The zero-order valence-electron chi connectivity index (χ0n) is 13.9. The molecule has 0 aromatic heterocycles. The van der Waals surface area contributed by atoms with Gasteiger partial charge in [0, 0.05) is 6.54 Å². The molecule has 1 unspecified atom stereocenters. The Morgan fingerprint density at radius 1 is 0.958 bits per heavy atom. The van der Waals surface area contributed by atoms with Gasteiger partial charge in [0.2, 0.25) is 0 Å². The highest BCUT2D eigenvalue weighted by Crippen LogP contribution is 2.18. The first-order valence-electron chi connectivity index (χ1n) is 7.78. The van der Waals surface area contributed by atoms with E-state index < -0.39 is 17.4 Å². The SMILES string of the molecule is Cc1ccc(CNC(=O)C(=O)NCC(C)(O)c2ccccc2)cc1. The molecule has 5 heteroatoms. The van der Waals surface area contributed by atoms with Crippen LogP contribution in [0, 0.1) is 6.92 Å². The Bertz CT molecular complexity index is 694. The molecule has 0 saturated carbocycles. The van der Waals surface area contributed by atoms with Crippen molar-refractivity contribution in [3.05, 3.63) is 71.3 Å². The third-order valence-corrected chi connectivity index (χ3v) is 3.77. The Labute approximate surface area is 141 Å². The third kappa shape index (κ3) is 4.93. The molecule has 0 aliphatic rings. The van der Waals surface area contributed by atoms with Crippen LogP contribution in [0.5, 0.6) is 0 Å². The number of rotatable bonds is 5. The van der Waals surface area contributed by atoms with Gasteiger partial charge in [-0.25, -0.2) is 0 Å². The molecule has 0 aliphatic heterocycles. The number of nitrogens with one attached hydrogen (secondary N) is 2.